The quantitative estimate of drug-likeness (QED) is 0.709. The van der Waals surface area contributed by atoms with Crippen LogP contribution in [0.4, 0.5) is 5.69 Å². The summed E-state index contributed by atoms with van der Waals surface area (Å²) in [4.78, 5) is 25.8. The number of anilines is 1. The maximum atomic E-state index is 12.3. The molecule has 0 unspecified atom stereocenters. The number of aromatic nitrogens is 4. The predicted molar refractivity (Wildman–Crippen MR) is 88.5 cm³/mol. The number of ether oxygens (including phenoxy) is 3. The highest BCUT2D eigenvalue weighted by molar-refractivity contribution is 6.33. The number of carbonyl (C=O) groups excluding carboxylic acids is 2. The molecular weight excluding hydrogens is 366 g/mol. The third kappa shape index (κ3) is 3.24. The van der Waals surface area contributed by atoms with E-state index in [1.54, 1.807) is 18.2 Å². The van der Waals surface area contributed by atoms with Gasteiger partial charge >= 0.3 is 11.9 Å². The van der Waals surface area contributed by atoms with Gasteiger partial charge in [0.2, 0.25) is 0 Å². The van der Waals surface area contributed by atoms with Crippen LogP contribution in [-0.4, -0.2) is 59.7 Å². The van der Waals surface area contributed by atoms with Gasteiger partial charge in [0.1, 0.15) is 18.8 Å². The molecule has 0 radical (unpaired) electrons. The van der Waals surface area contributed by atoms with Gasteiger partial charge in [-0.2, -0.15) is 0 Å². The van der Waals surface area contributed by atoms with Crippen molar-refractivity contribution in [2.45, 2.75) is 0 Å². The Bertz CT molecular complexity index is 867. The van der Waals surface area contributed by atoms with Crippen molar-refractivity contribution in [1.82, 2.24) is 20.2 Å². The van der Waals surface area contributed by atoms with E-state index in [1.807, 2.05) is 0 Å². The zero-order valence-corrected chi connectivity index (χ0v) is 14.6. The zero-order chi connectivity index (χ0) is 18.7. The number of nitrogens with zero attached hydrogens (tertiary/aromatic N) is 5. The summed E-state index contributed by atoms with van der Waals surface area (Å²) >= 11 is 6.32. The molecule has 0 aliphatic carbocycles. The van der Waals surface area contributed by atoms with Crippen molar-refractivity contribution in [2.24, 2.45) is 0 Å². The minimum Gasteiger partial charge on any atom is -0.466 e. The van der Waals surface area contributed by atoms with Crippen molar-refractivity contribution in [3.05, 3.63) is 40.8 Å². The summed E-state index contributed by atoms with van der Waals surface area (Å²) in [5, 5.41) is 11.3. The van der Waals surface area contributed by atoms with Gasteiger partial charge in [0.05, 0.1) is 42.8 Å². The molecule has 1 aliphatic rings. The smallest absolute Gasteiger partial charge is 0.355 e. The van der Waals surface area contributed by atoms with Crippen LogP contribution in [0.3, 0.4) is 0 Å². The van der Waals surface area contributed by atoms with Crippen LogP contribution in [0.15, 0.2) is 35.8 Å². The lowest BCUT2D eigenvalue weighted by Gasteiger charge is -2.32. The number of hydrogen-bond acceptors (Lipinski definition) is 9. The van der Waals surface area contributed by atoms with Gasteiger partial charge in [0.15, 0.2) is 0 Å². The minimum absolute atomic E-state index is 0.00126. The SMILES string of the molecule is COC(=O)C1=C(C(=O)OC)N(c2cc(-n3cnnn3)ccc2Cl)COC1. The number of halogens is 1. The largest absolute Gasteiger partial charge is 0.466 e. The fourth-order valence-electron chi connectivity index (χ4n) is 2.46. The van der Waals surface area contributed by atoms with E-state index >= 15 is 0 Å². The Balaban J connectivity index is 2.13. The number of rotatable bonds is 4. The number of tetrazole rings is 1. The maximum absolute atomic E-state index is 12.3. The predicted octanol–water partition coefficient (Wildman–Crippen LogP) is 0.710. The van der Waals surface area contributed by atoms with Gasteiger partial charge < -0.3 is 19.1 Å². The summed E-state index contributed by atoms with van der Waals surface area (Å²) in [5.74, 6) is -1.40. The first-order valence-corrected chi connectivity index (χ1v) is 7.72. The number of hydrogen-bond donors (Lipinski definition) is 0. The van der Waals surface area contributed by atoms with E-state index in [-0.39, 0.29) is 24.6 Å². The van der Waals surface area contributed by atoms with Gasteiger partial charge in [-0.3, -0.25) is 0 Å². The molecule has 10 nitrogen and oxygen atoms in total. The highest BCUT2D eigenvalue weighted by Gasteiger charge is 2.33. The van der Waals surface area contributed by atoms with Gasteiger partial charge in [-0.25, -0.2) is 14.3 Å². The summed E-state index contributed by atoms with van der Waals surface area (Å²) in [6, 6.07) is 4.98. The number of benzene rings is 1. The molecule has 1 aromatic carbocycles. The van der Waals surface area contributed by atoms with E-state index in [1.165, 1.54) is 30.1 Å². The summed E-state index contributed by atoms with van der Waals surface area (Å²) in [5.41, 5.74) is 1.06. The summed E-state index contributed by atoms with van der Waals surface area (Å²) in [6.07, 6.45) is 1.41. The molecule has 0 spiro atoms. The molecule has 2 aromatic rings. The molecule has 3 rings (SSSR count). The molecule has 11 heteroatoms. The highest BCUT2D eigenvalue weighted by atomic mass is 35.5. The van der Waals surface area contributed by atoms with Crippen LogP contribution in [0.25, 0.3) is 5.69 Å². The third-order valence-electron chi connectivity index (χ3n) is 3.67. The first-order valence-electron chi connectivity index (χ1n) is 7.34. The van der Waals surface area contributed by atoms with Crippen LogP contribution in [0.1, 0.15) is 0 Å². The lowest BCUT2D eigenvalue weighted by Crippen LogP contribution is -2.39. The molecule has 0 atom stereocenters. The van der Waals surface area contributed by atoms with Crippen molar-refractivity contribution < 1.29 is 23.8 Å². The normalized spacial score (nSPS) is 14.3. The van der Waals surface area contributed by atoms with E-state index in [0.717, 1.165) is 0 Å². The van der Waals surface area contributed by atoms with Crippen molar-refractivity contribution >= 4 is 29.2 Å². The van der Waals surface area contributed by atoms with Gasteiger partial charge in [-0.15, -0.1) is 5.10 Å². The summed E-state index contributed by atoms with van der Waals surface area (Å²) in [6.45, 7) is -0.0956. The molecule has 0 saturated carbocycles. The Morgan fingerprint density at radius 1 is 1.23 bits per heavy atom. The van der Waals surface area contributed by atoms with Crippen LogP contribution < -0.4 is 4.90 Å². The molecule has 2 heterocycles. The van der Waals surface area contributed by atoms with Gasteiger partial charge in [-0.1, -0.05) is 11.6 Å². The molecule has 136 valence electrons. The number of esters is 2. The molecule has 1 aliphatic heterocycles. The van der Waals surface area contributed by atoms with E-state index < -0.39 is 11.9 Å². The van der Waals surface area contributed by atoms with E-state index in [9.17, 15) is 9.59 Å². The second kappa shape index (κ2) is 7.50. The second-order valence-corrected chi connectivity index (χ2v) is 5.51. The van der Waals surface area contributed by atoms with Crippen LogP contribution >= 0.6 is 11.6 Å². The monoisotopic (exact) mass is 379 g/mol. The Morgan fingerprint density at radius 2 is 2.00 bits per heavy atom. The lowest BCUT2D eigenvalue weighted by molar-refractivity contribution is -0.140. The van der Waals surface area contributed by atoms with E-state index in [2.05, 4.69) is 15.5 Å². The highest BCUT2D eigenvalue weighted by Crippen LogP contribution is 2.33. The fraction of sp³-hybridized carbons (Fsp3) is 0.267. The Labute approximate surface area is 152 Å². The molecule has 1 aromatic heterocycles. The van der Waals surface area contributed by atoms with Crippen LogP contribution in [-0.2, 0) is 23.8 Å². The standard InChI is InChI=1S/C15H14ClN5O5/c1-24-14(22)10-6-26-8-20(13(10)15(23)25-2)12-5-9(3-4-11(12)16)21-7-17-18-19-21/h3-5,7H,6,8H2,1-2H3. The van der Waals surface area contributed by atoms with Gasteiger partial charge in [-0.05, 0) is 28.6 Å². The second-order valence-electron chi connectivity index (χ2n) is 5.11. The third-order valence-corrected chi connectivity index (χ3v) is 3.99. The first-order chi connectivity index (χ1) is 12.6. The topological polar surface area (TPSA) is 109 Å². The van der Waals surface area contributed by atoms with Crippen molar-refractivity contribution in [2.75, 3.05) is 32.5 Å². The van der Waals surface area contributed by atoms with E-state index in [0.29, 0.717) is 16.4 Å². The van der Waals surface area contributed by atoms with Crippen LogP contribution in [0.2, 0.25) is 5.02 Å². The average molecular weight is 380 g/mol. The maximum Gasteiger partial charge on any atom is 0.355 e. The van der Waals surface area contributed by atoms with Crippen molar-refractivity contribution in [3.63, 3.8) is 0 Å². The van der Waals surface area contributed by atoms with E-state index in [4.69, 9.17) is 25.8 Å². The minimum atomic E-state index is -0.711. The fourth-order valence-corrected chi connectivity index (χ4v) is 2.68. The Hall–Kier alpha value is -2.98. The Kier molecular flexibility index (Phi) is 5.14. The van der Waals surface area contributed by atoms with Crippen molar-refractivity contribution in [1.29, 1.82) is 0 Å². The molecular formula is C15H14ClN5O5. The van der Waals surface area contributed by atoms with Gasteiger partial charge in [0, 0.05) is 0 Å². The van der Waals surface area contributed by atoms with Gasteiger partial charge in [0.25, 0.3) is 0 Å². The summed E-state index contributed by atoms with van der Waals surface area (Å²) < 4.78 is 16.4. The van der Waals surface area contributed by atoms with Crippen molar-refractivity contribution in [3.8, 4) is 5.69 Å². The molecule has 0 bridgehead atoms. The van der Waals surface area contributed by atoms with Crippen LogP contribution in [0, 0.1) is 0 Å². The molecule has 0 amide bonds. The Morgan fingerprint density at radius 3 is 2.65 bits per heavy atom. The average Bonchev–Trinajstić information content (AvgIpc) is 3.21. The number of carbonyl (C=O) groups is 2. The first kappa shape index (κ1) is 17.8. The summed E-state index contributed by atoms with van der Waals surface area (Å²) in [7, 11) is 2.44. The van der Waals surface area contributed by atoms with Crippen LogP contribution in [0.5, 0.6) is 0 Å². The molecule has 0 N–H and O–H groups in total. The molecule has 26 heavy (non-hydrogen) atoms. The molecule has 0 saturated heterocycles. The molecule has 0 fully saturated rings. The number of methoxy groups -OCH3 is 2. The lowest BCUT2D eigenvalue weighted by atomic mass is 10.1. The zero-order valence-electron chi connectivity index (χ0n) is 13.9.